The maximum Gasteiger partial charge on any atom is 0.330 e. The largest absolute Gasteiger partial charge is 0.414 e. The van der Waals surface area contributed by atoms with Crippen molar-refractivity contribution < 1.29 is 13.6 Å². The van der Waals surface area contributed by atoms with Crippen LogP contribution < -0.4 is 11.2 Å². The molecule has 1 aliphatic rings. The summed E-state index contributed by atoms with van der Waals surface area (Å²) < 4.78 is 21.5. The van der Waals surface area contributed by atoms with Crippen LogP contribution in [-0.4, -0.2) is 45.0 Å². The number of aromatic nitrogens is 2. The maximum atomic E-state index is 12.5. The summed E-state index contributed by atoms with van der Waals surface area (Å²) in [6, 6.07) is 0. The number of ether oxygens (including phenoxy) is 1. The second kappa shape index (κ2) is 9.17. The molecule has 31 heavy (non-hydrogen) atoms. The van der Waals surface area contributed by atoms with Crippen molar-refractivity contribution in [3.05, 3.63) is 30.6 Å². The number of nitrogens with zero attached hydrogens (tertiary/aromatic N) is 1. The first-order valence-corrected chi connectivity index (χ1v) is 17.7. The van der Waals surface area contributed by atoms with E-state index in [1.807, 2.05) is 22.6 Å². The van der Waals surface area contributed by atoms with Crippen LogP contribution in [0.15, 0.2) is 15.8 Å². The van der Waals surface area contributed by atoms with Gasteiger partial charge in [-0.1, -0.05) is 41.5 Å². The summed E-state index contributed by atoms with van der Waals surface area (Å²) in [5.41, 5.74) is -0.848. The molecule has 178 valence electrons. The van der Waals surface area contributed by atoms with Crippen molar-refractivity contribution in [1.29, 1.82) is 0 Å². The molecule has 1 fully saturated rings. The molecule has 2 rings (SSSR count). The Morgan fingerprint density at radius 1 is 1.10 bits per heavy atom. The van der Waals surface area contributed by atoms with Crippen LogP contribution in [-0.2, 0) is 13.6 Å². The van der Waals surface area contributed by atoms with Gasteiger partial charge in [-0.05, 0) is 58.9 Å². The van der Waals surface area contributed by atoms with E-state index in [0.717, 1.165) is 0 Å². The van der Waals surface area contributed by atoms with Gasteiger partial charge >= 0.3 is 5.69 Å². The van der Waals surface area contributed by atoms with Gasteiger partial charge in [0, 0.05) is 12.6 Å². The Kier molecular flexibility index (Phi) is 7.98. The SMILES string of the molecule is CC(C)(C)[Si](C)(C)OC[C@H]1O[C@@H](n2cc(I)c(=O)[nH]c2=O)C[C@@H]1O[Si](C)(C)C(C)(C)C. The van der Waals surface area contributed by atoms with E-state index < -0.39 is 28.6 Å². The lowest BCUT2D eigenvalue weighted by molar-refractivity contribution is -0.0413. The highest BCUT2D eigenvalue weighted by atomic mass is 127. The summed E-state index contributed by atoms with van der Waals surface area (Å²) in [6.45, 7) is 22.6. The average Bonchev–Trinajstić information content (AvgIpc) is 2.96. The first kappa shape index (κ1) is 27.0. The standard InChI is InChI=1S/C21H39IN2O5Si2/c1-20(2,3)30(7,8)27-13-16-15(29-31(9,10)21(4,5)6)11-17(28-16)24-12-14(22)18(25)23-19(24)26/h12,15-17H,11,13H2,1-10H3,(H,23,25,26)/t15-,16+,17+/m0/s1. The van der Waals surface area contributed by atoms with E-state index in [2.05, 4.69) is 72.7 Å². The molecule has 1 aliphatic heterocycles. The van der Waals surface area contributed by atoms with Crippen molar-refractivity contribution in [3.63, 3.8) is 0 Å². The molecular weight excluding hydrogens is 543 g/mol. The Balaban J connectivity index is 2.32. The molecule has 2 heterocycles. The normalized spacial score (nSPS) is 23.4. The molecule has 0 aliphatic carbocycles. The van der Waals surface area contributed by atoms with E-state index in [-0.39, 0.29) is 27.8 Å². The molecule has 1 N–H and O–H groups in total. The minimum absolute atomic E-state index is 0.0557. The molecule has 1 aromatic heterocycles. The fourth-order valence-electron chi connectivity index (χ4n) is 2.88. The minimum atomic E-state index is -2.06. The number of nitrogens with one attached hydrogen (secondary N) is 1. The van der Waals surface area contributed by atoms with Crippen LogP contribution in [0.3, 0.4) is 0 Å². The molecule has 3 atom stereocenters. The van der Waals surface area contributed by atoms with Gasteiger partial charge in [0.15, 0.2) is 16.6 Å². The van der Waals surface area contributed by atoms with Crippen LogP contribution in [0.2, 0.25) is 36.3 Å². The van der Waals surface area contributed by atoms with E-state index in [1.54, 1.807) is 6.20 Å². The summed E-state index contributed by atoms with van der Waals surface area (Å²) in [4.78, 5) is 26.6. The van der Waals surface area contributed by atoms with E-state index in [0.29, 0.717) is 16.6 Å². The number of rotatable bonds is 6. The highest BCUT2D eigenvalue weighted by Gasteiger charge is 2.46. The first-order valence-electron chi connectivity index (χ1n) is 10.8. The zero-order chi connectivity index (χ0) is 24.0. The molecule has 0 amide bonds. The third-order valence-corrected chi connectivity index (χ3v) is 16.9. The summed E-state index contributed by atoms with van der Waals surface area (Å²) in [7, 11) is -4.03. The quantitative estimate of drug-likeness (QED) is 0.384. The molecule has 0 saturated carbocycles. The Morgan fingerprint density at radius 3 is 2.16 bits per heavy atom. The minimum Gasteiger partial charge on any atom is -0.414 e. The van der Waals surface area contributed by atoms with Crippen LogP contribution in [0.1, 0.15) is 54.2 Å². The topological polar surface area (TPSA) is 82.5 Å². The third-order valence-electron chi connectivity index (χ3n) is 7.08. The van der Waals surface area contributed by atoms with Crippen molar-refractivity contribution >= 4 is 39.2 Å². The van der Waals surface area contributed by atoms with Crippen molar-refractivity contribution in [2.24, 2.45) is 0 Å². The van der Waals surface area contributed by atoms with Gasteiger partial charge in [0.25, 0.3) is 5.56 Å². The van der Waals surface area contributed by atoms with Gasteiger partial charge < -0.3 is 13.6 Å². The molecule has 1 saturated heterocycles. The summed E-state index contributed by atoms with van der Waals surface area (Å²) in [6.07, 6.45) is 1.16. The fourth-order valence-corrected chi connectivity index (χ4v) is 5.69. The molecule has 7 nitrogen and oxygen atoms in total. The molecule has 0 aromatic carbocycles. The van der Waals surface area contributed by atoms with Crippen LogP contribution in [0.5, 0.6) is 0 Å². The fraction of sp³-hybridized carbons (Fsp3) is 0.810. The summed E-state index contributed by atoms with van der Waals surface area (Å²) >= 11 is 1.93. The van der Waals surface area contributed by atoms with Crippen LogP contribution in [0.25, 0.3) is 0 Å². The Labute approximate surface area is 201 Å². The third kappa shape index (κ3) is 6.20. The van der Waals surface area contributed by atoms with Gasteiger partial charge in [-0.3, -0.25) is 14.3 Å². The van der Waals surface area contributed by atoms with Gasteiger partial charge in [-0.25, -0.2) is 4.79 Å². The molecule has 0 bridgehead atoms. The van der Waals surface area contributed by atoms with Gasteiger partial charge in [0.05, 0.1) is 16.3 Å². The average molecular weight is 583 g/mol. The van der Waals surface area contributed by atoms with E-state index >= 15 is 0 Å². The maximum absolute atomic E-state index is 12.5. The van der Waals surface area contributed by atoms with Crippen LogP contribution in [0.4, 0.5) is 0 Å². The first-order chi connectivity index (χ1) is 13.9. The lowest BCUT2D eigenvalue weighted by atomic mass is 10.2. The number of hydrogen-bond donors (Lipinski definition) is 1. The Morgan fingerprint density at radius 2 is 1.65 bits per heavy atom. The monoisotopic (exact) mass is 582 g/mol. The van der Waals surface area contributed by atoms with E-state index in [4.69, 9.17) is 13.6 Å². The van der Waals surface area contributed by atoms with Gasteiger partial charge in [-0.2, -0.15) is 0 Å². The molecular formula is C21H39IN2O5Si2. The molecule has 1 aromatic rings. The predicted molar refractivity (Wildman–Crippen MR) is 138 cm³/mol. The zero-order valence-corrected chi connectivity index (χ0v) is 24.7. The zero-order valence-electron chi connectivity index (χ0n) is 20.6. The Bertz CT molecular complexity index is 899. The summed E-state index contributed by atoms with van der Waals surface area (Å²) in [5, 5.41) is 0.146. The van der Waals surface area contributed by atoms with Crippen LogP contribution >= 0.6 is 22.6 Å². The highest BCUT2D eigenvalue weighted by molar-refractivity contribution is 14.1. The second-order valence-electron chi connectivity index (χ2n) is 11.5. The van der Waals surface area contributed by atoms with Crippen LogP contribution in [0, 0.1) is 3.57 Å². The van der Waals surface area contributed by atoms with Crippen molar-refractivity contribution in [3.8, 4) is 0 Å². The molecule has 10 heteroatoms. The van der Waals surface area contributed by atoms with Gasteiger partial charge in [0.2, 0.25) is 0 Å². The highest BCUT2D eigenvalue weighted by Crippen LogP contribution is 2.42. The molecule has 0 spiro atoms. The number of aromatic amines is 1. The van der Waals surface area contributed by atoms with Crippen molar-refractivity contribution in [1.82, 2.24) is 9.55 Å². The number of hydrogen-bond acceptors (Lipinski definition) is 5. The van der Waals surface area contributed by atoms with Crippen molar-refractivity contribution in [2.75, 3.05) is 6.61 Å². The van der Waals surface area contributed by atoms with E-state index in [1.165, 1.54) is 4.57 Å². The lowest BCUT2D eigenvalue weighted by Crippen LogP contribution is -2.48. The lowest BCUT2D eigenvalue weighted by Gasteiger charge is -2.40. The van der Waals surface area contributed by atoms with Gasteiger partial charge in [0.1, 0.15) is 12.3 Å². The molecule has 0 radical (unpaired) electrons. The molecule has 0 unspecified atom stereocenters. The van der Waals surface area contributed by atoms with Crippen molar-refractivity contribution in [2.45, 2.75) is 103 Å². The second-order valence-corrected chi connectivity index (χ2v) is 22.2. The van der Waals surface area contributed by atoms with E-state index in [9.17, 15) is 9.59 Å². The van der Waals surface area contributed by atoms with Gasteiger partial charge in [-0.15, -0.1) is 0 Å². The number of H-pyrrole nitrogens is 1. The number of halogens is 1. The Hall–Kier alpha value is -0.276. The summed E-state index contributed by atoms with van der Waals surface area (Å²) in [5.74, 6) is 0. The smallest absolute Gasteiger partial charge is 0.330 e. The predicted octanol–water partition coefficient (Wildman–Crippen LogP) is 4.84.